The van der Waals surface area contributed by atoms with Crippen LogP contribution in [0.4, 0.5) is 5.95 Å². The van der Waals surface area contributed by atoms with Gasteiger partial charge in [0.05, 0.1) is 6.54 Å². The molecule has 3 heterocycles. The summed E-state index contributed by atoms with van der Waals surface area (Å²) in [5, 5.41) is 3.29. The summed E-state index contributed by atoms with van der Waals surface area (Å²) in [6.07, 6.45) is 0. The van der Waals surface area contributed by atoms with Crippen molar-refractivity contribution in [3.63, 3.8) is 0 Å². The molecule has 1 aliphatic rings. The third kappa shape index (κ3) is 2.07. The molecule has 2 aromatic rings. The number of H-pyrrole nitrogens is 2. The highest BCUT2D eigenvalue weighted by Gasteiger charge is 2.14. The van der Waals surface area contributed by atoms with Crippen molar-refractivity contribution in [1.29, 1.82) is 0 Å². The summed E-state index contributed by atoms with van der Waals surface area (Å²) >= 11 is 0. The Hall–Kier alpha value is -1.93. The zero-order valence-corrected chi connectivity index (χ0v) is 9.86. The average molecular weight is 249 g/mol. The number of hydrogen-bond donors (Lipinski definition) is 4. The molecule has 0 amide bonds. The lowest BCUT2D eigenvalue weighted by Gasteiger charge is -2.25. The van der Waals surface area contributed by atoms with Gasteiger partial charge in [0.15, 0.2) is 11.2 Å². The summed E-state index contributed by atoms with van der Waals surface area (Å²) in [5.41, 5.74) is 5.96. The van der Waals surface area contributed by atoms with E-state index in [4.69, 9.17) is 5.73 Å². The first-order chi connectivity index (χ1) is 8.72. The molecule has 1 fully saturated rings. The second kappa shape index (κ2) is 4.39. The van der Waals surface area contributed by atoms with Crippen molar-refractivity contribution < 1.29 is 0 Å². The van der Waals surface area contributed by atoms with E-state index in [-0.39, 0.29) is 11.5 Å². The highest BCUT2D eigenvalue weighted by atomic mass is 16.1. The van der Waals surface area contributed by atoms with Crippen LogP contribution < -0.4 is 16.6 Å². The zero-order chi connectivity index (χ0) is 12.5. The summed E-state index contributed by atoms with van der Waals surface area (Å²) in [6, 6.07) is 0. The van der Waals surface area contributed by atoms with Crippen LogP contribution in [0.25, 0.3) is 11.2 Å². The Morgan fingerprint density at radius 3 is 2.78 bits per heavy atom. The molecule has 1 saturated heterocycles. The lowest BCUT2D eigenvalue weighted by atomic mass is 10.3. The molecule has 0 aliphatic carbocycles. The van der Waals surface area contributed by atoms with Crippen LogP contribution >= 0.6 is 0 Å². The topological polar surface area (TPSA) is 116 Å². The number of anilines is 1. The molecule has 0 radical (unpaired) electrons. The van der Waals surface area contributed by atoms with Crippen LogP contribution in [-0.2, 0) is 6.54 Å². The summed E-state index contributed by atoms with van der Waals surface area (Å²) in [7, 11) is 0. The number of rotatable bonds is 2. The Morgan fingerprint density at radius 2 is 2.00 bits per heavy atom. The third-order valence-corrected chi connectivity index (χ3v) is 3.01. The number of aromatic amines is 2. The molecule has 3 rings (SSSR count). The molecule has 18 heavy (non-hydrogen) atoms. The van der Waals surface area contributed by atoms with Crippen LogP contribution in [-0.4, -0.2) is 51.0 Å². The number of imidazole rings is 1. The lowest BCUT2D eigenvalue weighted by Crippen LogP contribution is -2.43. The Morgan fingerprint density at radius 1 is 1.22 bits per heavy atom. The first-order valence-electron chi connectivity index (χ1n) is 5.90. The van der Waals surface area contributed by atoms with Gasteiger partial charge in [-0.25, -0.2) is 4.98 Å². The van der Waals surface area contributed by atoms with Crippen molar-refractivity contribution in [2.45, 2.75) is 6.54 Å². The molecular formula is C10H15N7O. The maximum atomic E-state index is 11.6. The molecule has 8 heteroatoms. The smallest absolute Gasteiger partial charge is 0.278 e. The van der Waals surface area contributed by atoms with Crippen molar-refractivity contribution in [2.75, 3.05) is 31.9 Å². The van der Waals surface area contributed by atoms with Crippen molar-refractivity contribution >= 4 is 17.1 Å². The van der Waals surface area contributed by atoms with Gasteiger partial charge >= 0.3 is 0 Å². The SMILES string of the molecule is Nc1nc2nc(CN3CCNCC3)[nH]c2c(=O)[nH]1. The molecule has 8 nitrogen and oxygen atoms in total. The molecule has 0 spiro atoms. The molecule has 5 N–H and O–H groups in total. The van der Waals surface area contributed by atoms with Crippen LogP contribution in [0.5, 0.6) is 0 Å². The lowest BCUT2D eigenvalue weighted by molar-refractivity contribution is 0.229. The zero-order valence-electron chi connectivity index (χ0n) is 9.86. The molecule has 0 atom stereocenters. The first-order valence-corrected chi connectivity index (χ1v) is 5.90. The standard InChI is InChI=1S/C10H15N7O/c11-10-15-8-7(9(18)16-10)13-6(14-8)5-17-3-1-12-2-4-17/h12H,1-5H2,(H4,11,13,14,15,16,18). The van der Waals surface area contributed by atoms with E-state index >= 15 is 0 Å². The van der Waals surface area contributed by atoms with E-state index in [1.807, 2.05) is 0 Å². The van der Waals surface area contributed by atoms with E-state index in [9.17, 15) is 4.79 Å². The molecule has 0 unspecified atom stereocenters. The Labute approximate surface area is 103 Å². The van der Waals surface area contributed by atoms with Crippen LogP contribution in [0.1, 0.15) is 5.82 Å². The van der Waals surface area contributed by atoms with Gasteiger partial charge in [0.2, 0.25) is 5.95 Å². The second-order valence-corrected chi connectivity index (χ2v) is 4.36. The Balaban J connectivity index is 1.88. The number of nitrogens with zero attached hydrogens (tertiary/aromatic N) is 3. The fourth-order valence-electron chi connectivity index (χ4n) is 2.13. The Bertz CT molecular complexity index is 610. The molecule has 96 valence electrons. The van der Waals surface area contributed by atoms with Gasteiger partial charge in [0, 0.05) is 26.2 Å². The minimum atomic E-state index is -0.281. The van der Waals surface area contributed by atoms with E-state index in [0.29, 0.717) is 17.7 Å². The van der Waals surface area contributed by atoms with Crippen molar-refractivity contribution in [2.24, 2.45) is 0 Å². The summed E-state index contributed by atoms with van der Waals surface area (Å²) in [6.45, 7) is 4.60. The summed E-state index contributed by atoms with van der Waals surface area (Å²) < 4.78 is 0. The van der Waals surface area contributed by atoms with E-state index in [1.54, 1.807) is 0 Å². The highest BCUT2D eigenvalue weighted by molar-refractivity contribution is 5.70. The normalized spacial score (nSPS) is 17.3. The van der Waals surface area contributed by atoms with Gasteiger partial charge in [0.25, 0.3) is 5.56 Å². The van der Waals surface area contributed by atoms with Crippen LogP contribution in [0, 0.1) is 0 Å². The number of piperazine rings is 1. The maximum Gasteiger partial charge on any atom is 0.278 e. The molecule has 2 aromatic heterocycles. The molecular weight excluding hydrogens is 234 g/mol. The predicted octanol–water partition coefficient (Wildman–Crippen LogP) is -1.37. The minimum Gasteiger partial charge on any atom is -0.369 e. The molecule has 1 aliphatic heterocycles. The largest absolute Gasteiger partial charge is 0.369 e. The van der Waals surface area contributed by atoms with Crippen LogP contribution in [0.15, 0.2) is 4.79 Å². The maximum absolute atomic E-state index is 11.6. The van der Waals surface area contributed by atoms with Gasteiger partial charge in [0.1, 0.15) is 5.82 Å². The number of nitrogens with two attached hydrogens (primary N) is 1. The number of fused-ring (bicyclic) bond motifs is 1. The van der Waals surface area contributed by atoms with Crippen molar-refractivity contribution in [3.05, 3.63) is 16.2 Å². The van der Waals surface area contributed by atoms with Gasteiger partial charge in [-0.1, -0.05) is 0 Å². The van der Waals surface area contributed by atoms with E-state index < -0.39 is 0 Å². The molecule has 0 bridgehead atoms. The van der Waals surface area contributed by atoms with Crippen molar-refractivity contribution in [1.82, 2.24) is 30.2 Å². The van der Waals surface area contributed by atoms with Gasteiger partial charge in [-0.05, 0) is 0 Å². The van der Waals surface area contributed by atoms with Crippen LogP contribution in [0.3, 0.4) is 0 Å². The quantitative estimate of drug-likeness (QED) is 0.522. The fourth-order valence-corrected chi connectivity index (χ4v) is 2.13. The number of nitrogens with one attached hydrogen (secondary N) is 3. The average Bonchev–Trinajstić information content (AvgIpc) is 2.73. The monoisotopic (exact) mass is 249 g/mol. The third-order valence-electron chi connectivity index (χ3n) is 3.01. The van der Waals surface area contributed by atoms with Crippen LogP contribution in [0.2, 0.25) is 0 Å². The summed E-state index contributed by atoms with van der Waals surface area (Å²) in [5.74, 6) is 0.836. The predicted molar refractivity (Wildman–Crippen MR) is 67.1 cm³/mol. The molecule has 0 saturated carbocycles. The number of nitrogen functional groups attached to an aromatic ring is 1. The van der Waals surface area contributed by atoms with E-state index in [2.05, 4.69) is 30.2 Å². The number of aromatic nitrogens is 4. The Kier molecular flexibility index (Phi) is 2.73. The second-order valence-electron chi connectivity index (χ2n) is 4.36. The first kappa shape index (κ1) is 11.2. The van der Waals surface area contributed by atoms with Gasteiger partial charge in [-0.2, -0.15) is 4.98 Å². The number of hydrogen-bond acceptors (Lipinski definition) is 6. The van der Waals surface area contributed by atoms with E-state index in [1.165, 1.54) is 0 Å². The van der Waals surface area contributed by atoms with Crippen molar-refractivity contribution in [3.8, 4) is 0 Å². The van der Waals surface area contributed by atoms with E-state index in [0.717, 1.165) is 32.0 Å². The summed E-state index contributed by atoms with van der Waals surface area (Å²) in [4.78, 5) is 27.7. The van der Waals surface area contributed by atoms with Gasteiger partial charge in [-0.3, -0.25) is 14.7 Å². The van der Waals surface area contributed by atoms with Gasteiger partial charge < -0.3 is 16.0 Å². The minimum absolute atomic E-state index is 0.0905. The highest BCUT2D eigenvalue weighted by Crippen LogP contribution is 2.07. The fraction of sp³-hybridized carbons (Fsp3) is 0.500. The van der Waals surface area contributed by atoms with Gasteiger partial charge in [-0.15, -0.1) is 0 Å². The molecule has 0 aromatic carbocycles.